The molecule has 0 saturated carbocycles. The molecule has 4 nitrogen and oxygen atoms in total. The normalized spacial score (nSPS) is 11.9. The molecule has 0 saturated heterocycles. The number of hydrogen-bond donors (Lipinski definition) is 0. The molecule has 0 radical (unpaired) electrons. The molecule has 0 spiro atoms. The fourth-order valence-corrected chi connectivity index (χ4v) is 6.77. The smallest absolute Gasteiger partial charge is 0.164 e. The van der Waals surface area contributed by atoms with Gasteiger partial charge in [0, 0.05) is 27.5 Å². The SMILES string of the molecule is C/C=C\C=C/c1cc(-c2cccc3oc4ccccc4c23)ccc1-c1nc(-c2ccc3ccccc3c2)nc(-c2ccc3ccccc3c2)n1. The monoisotopic (exact) mass is 641 g/mol. The molecule has 0 unspecified atom stereocenters. The zero-order valence-corrected chi connectivity index (χ0v) is 27.4. The third-order valence-electron chi connectivity index (χ3n) is 9.24. The average molecular weight is 642 g/mol. The molecule has 2 heterocycles. The summed E-state index contributed by atoms with van der Waals surface area (Å²) in [5.41, 5.74) is 7.76. The van der Waals surface area contributed by atoms with Crippen LogP contribution in [0.1, 0.15) is 12.5 Å². The Balaban J connectivity index is 1.25. The summed E-state index contributed by atoms with van der Waals surface area (Å²) in [4.78, 5) is 15.4. The number of aromatic nitrogens is 3. The van der Waals surface area contributed by atoms with E-state index in [9.17, 15) is 0 Å². The van der Waals surface area contributed by atoms with Gasteiger partial charge in [-0.25, -0.2) is 15.0 Å². The van der Waals surface area contributed by atoms with Gasteiger partial charge in [0.2, 0.25) is 0 Å². The van der Waals surface area contributed by atoms with Crippen LogP contribution in [0.15, 0.2) is 168 Å². The summed E-state index contributed by atoms with van der Waals surface area (Å²) in [7, 11) is 0. The predicted molar refractivity (Wildman–Crippen MR) is 208 cm³/mol. The van der Waals surface area contributed by atoms with Crippen LogP contribution < -0.4 is 0 Å². The van der Waals surface area contributed by atoms with E-state index in [4.69, 9.17) is 19.4 Å². The lowest BCUT2D eigenvalue weighted by Gasteiger charge is -2.13. The van der Waals surface area contributed by atoms with E-state index in [-0.39, 0.29) is 0 Å². The Hall–Kier alpha value is -6.65. The van der Waals surface area contributed by atoms with Gasteiger partial charge in [-0.1, -0.05) is 133 Å². The summed E-state index contributed by atoms with van der Waals surface area (Å²) in [6.07, 6.45) is 8.25. The van der Waals surface area contributed by atoms with Crippen LogP contribution in [0.2, 0.25) is 0 Å². The molecule has 0 amide bonds. The largest absolute Gasteiger partial charge is 0.456 e. The molecule has 0 fully saturated rings. The molecule has 4 heteroatoms. The summed E-state index contributed by atoms with van der Waals surface area (Å²) < 4.78 is 6.23. The van der Waals surface area contributed by atoms with Crippen LogP contribution in [-0.4, -0.2) is 15.0 Å². The van der Waals surface area contributed by atoms with Crippen LogP contribution in [0.25, 0.3) is 94.8 Å². The van der Waals surface area contributed by atoms with Gasteiger partial charge < -0.3 is 4.42 Å². The summed E-state index contributed by atoms with van der Waals surface area (Å²) in [5.74, 6) is 1.88. The van der Waals surface area contributed by atoms with Crippen molar-refractivity contribution in [1.82, 2.24) is 15.0 Å². The van der Waals surface area contributed by atoms with Crippen molar-refractivity contribution in [2.75, 3.05) is 0 Å². The van der Waals surface area contributed by atoms with Gasteiger partial charge in [0.05, 0.1) is 0 Å². The van der Waals surface area contributed by atoms with Crippen molar-refractivity contribution in [1.29, 1.82) is 0 Å². The Morgan fingerprint density at radius 1 is 0.460 bits per heavy atom. The molecule has 7 aromatic carbocycles. The van der Waals surface area contributed by atoms with Crippen molar-refractivity contribution >= 4 is 49.6 Å². The van der Waals surface area contributed by atoms with Crippen LogP contribution in [0.3, 0.4) is 0 Å². The van der Waals surface area contributed by atoms with Crippen LogP contribution in [0.5, 0.6) is 0 Å². The number of rotatable bonds is 6. The quantitative estimate of drug-likeness (QED) is 0.170. The van der Waals surface area contributed by atoms with Crippen molar-refractivity contribution < 1.29 is 4.42 Å². The number of allylic oxidation sites excluding steroid dienone is 3. The number of nitrogens with zero attached hydrogens (tertiary/aromatic N) is 3. The van der Waals surface area contributed by atoms with Gasteiger partial charge in [-0.3, -0.25) is 0 Å². The zero-order chi connectivity index (χ0) is 33.4. The number of benzene rings is 7. The molecule has 50 heavy (non-hydrogen) atoms. The standard InChI is InChI=1S/C46H31N3O/c1-2-3-4-16-34-29-35(38-18-11-20-42-43(38)40-17-9-10-19-41(40)50-42)25-26-39(34)46-48-44(36-23-21-30-12-5-7-14-32(30)27-36)47-45(49-46)37-24-22-31-13-6-8-15-33(31)28-37/h2-29H,1H3/b3-2-,16-4-. The minimum absolute atomic E-state index is 0.616. The molecular formula is C46H31N3O. The van der Waals surface area contributed by atoms with E-state index in [1.165, 1.54) is 10.8 Å². The van der Waals surface area contributed by atoms with Crippen LogP contribution in [0, 0.1) is 0 Å². The van der Waals surface area contributed by atoms with E-state index < -0.39 is 0 Å². The molecule has 2 aromatic heterocycles. The second kappa shape index (κ2) is 12.4. The van der Waals surface area contributed by atoms with E-state index in [0.29, 0.717) is 17.5 Å². The van der Waals surface area contributed by atoms with Gasteiger partial charge in [0.15, 0.2) is 17.5 Å². The molecule has 0 atom stereocenters. The van der Waals surface area contributed by atoms with Gasteiger partial charge in [-0.15, -0.1) is 0 Å². The molecule has 0 N–H and O–H groups in total. The molecule has 0 aliphatic carbocycles. The Bertz CT molecular complexity index is 2690. The van der Waals surface area contributed by atoms with Crippen LogP contribution >= 0.6 is 0 Å². The minimum Gasteiger partial charge on any atom is -0.456 e. The van der Waals surface area contributed by atoms with Gasteiger partial charge in [0.25, 0.3) is 0 Å². The van der Waals surface area contributed by atoms with E-state index in [1.54, 1.807) is 0 Å². The highest BCUT2D eigenvalue weighted by Crippen LogP contribution is 2.38. The highest BCUT2D eigenvalue weighted by molar-refractivity contribution is 6.12. The first-order chi connectivity index (χ1) is 24.7. The maximum atomic E-state index is 6.23. The maximum Gasteiger partial charge on any atom is 0.164 e. The van der Waals surface area contributed by atoms with Gasteiger partial charge in [-0.2, -0.15) is 0 Å². The molecule has 236 valence electrons. The van der Waals surface area contributed by atoms with Crippen molar-refractivity contribution in [2.45, 2.75) is 6.92 Å². The zero-order valence-electron chi connectivity index (χ0n) is 27.4. The Morgan fingerprint density at radius 3 is 1.76 bits per heavy atom. The van der Waals surface area contributed by atoms with E-state index in [2.05, 4.69) is 140 Å². The molecule has 9 aromatic rings. The molecular weight excluding hydrogens is 611 g/mol. The highest BCUT2D eigenvalue weighted by Gasteiger charge is 2.17. The fourth-order valence-electron chi connectivity index (χ4n) is 6.77. The first kappa shape index (κ1) is 29.5. The second-order valence-corrected chi connectivity index (χ2v) is 12.4. The van der Waals surface area contributed by atoms with Crippen molar-refractivity contribution in [2.24, 2.45) is 0 Å². The highest BCUT2D eigenvalue weighted by atomic mass is 16.3. The summed E-state index contributed by atoms with van der Waals surface area (Å²) in [5, 5.41) is 6.83. The van der Waals surface area contributed by atoms with E-state index >= 15 is 0 Å². The van der Waals surface area contributed by atoms with E-state index in [1.807, 2.05) is 37.3 Å². The number of hydrogen-bond acceptors (Lipinski definition) is 4. The van der Waals surface area contributed by atoms with Crippen LogP contribution in [-0.2, 0) is 0 Å². The first-order valence-corrected chi connectivity index (χ1v) is 16.8. The third-order valence-corrected chi connectivity index (χ3v) is 9.24. The average Bonchev–Trinajstić information content (AvgIpc) is 3.56. The molecule has 0 aliphatic rings. The lowest BCUT2D eigenvalue weighted by molar-refractivity contribution is 0.669. The minimum atomic E-state index is 0.616. The number of fused-ring (bicyclic) bond motifs is 5. The second-order valence-electron chi connectivity index (χ2n) is 12.4. The third kappa shape index (κ3) is 5.33. The molecule has 0 aliphatic heterocycles. The summed E-state index contributed by atoms with van der Waals surface area (Å²) in [6, 6.07) is 50.5. The number of furan rings is 1. The first-order valence-electron chi connectivity index (χ1n) is 16.8. The van der Waals surface area contributed by atoms with Gasteiger partial charge >= 0.3 is 0 Å². The Kier molecular flexibility index (Phi) is 7.33. The Morgan fingerprint density at radius 2 is 1.06 bits per heavy atom. The summed E-state index contributed by atoms with van der Waals surface area (Å²) >= 11 is 0. The molecule has 9 rings (SSSR count). The van der Waals surface area contributed by atoms with Gasteiger partial charge in [-0.05, 0) is 81.6 Å². The predicted octanol–water partition coefficient (Wildman–Crippen LogP) is 12.3. The number of para-hydroxylation sites is 1. The van der Waals surface area contributed by atoms with E-state index in [0.717, 1.165) is 66.1 Å². The summed E-state index contributed by atoms with van der Waals surface area (Å²) in [6.45, 7) is 2.02. The maximum absolute atomic E-state index is 6.23. The fraction of sp³-hybridized carbons (Fsp3) is 0.0217. The van der Waals surface area contributed by atoms with Crippen molar-refractivity contribution in [3.8, 4) is 45.3 Å². The van der Waals surface area contributed by atoms with Gasteiger partial charge in [0.1, 0.15) is 11.2 Å². The van der Waals surface area contributed by atoms with Crippen molar-refractivity contribution in [3.05, 3.63) is 169 Å². The lowest BCUT2D eigenvalue weighted by Crippen LogP contribution is -2.01. The Labute approximate surface area is 289 Å². The lowest BCUT2D eigenvalue weighted by atomic mass is 9.95. The van der Waals surface area contributed by atoms with Crippen molar-refractivity contribution in [3.63, 3.8) is 0 Å². The molecule has 0 bridgehead atoms. The topological polar surface area (TPSA) is 51.8 Å². The van der Waals surface area contributed by atoms with Crippen LogP contribution in [0.4, 0.5) is 0 Å².